The van der Waals surface area contributed by atoms with Crippen molar-refractivity contribution in [1.29, 1.82) is 0 Å². The molecule has 7 heteroatoms. The minimum atomic E-state index is -3.87. The molecule has 1 aliphatic heterocycles. The van der Waals surface area contributed by atoms with E-state index in [1.807, 2.05) is 0 Å². The minimum absolute atomic E-state index is 0.0732. The summed E-state index contributed by atoms with van der Waals surface area (Å²) in [5.41, 5.74) is 0.278. The summed E-state index contributed by atoms with van der Waals surface area (Å²) in [6.45, 7) is 0. The van der Waals surface area contributed by atoms with Crippen molar-refractivity contribution in [3.63, 3.8) is 0 Å². The zero-order valence-corrected chi connectivity index (χ0v) is 9.25. The molecule has 0 radical (unpaired) electrons. The van der Waals surface area contributed by atoms with Crippen LogP contribution in [0, 0.1) is 0 Å². The summed E-state index contributed by atoms with van der Waals surface area (Å²) < 4.78 is 45.6. The van der Waals surface area contributed by atoms with Gasteiger partial charge >= 0.3 is 0 Å². The van der Waals surface area contributed by atoms with Crippen LogP contribution in [0.2, 0.25) is 0 Å². The van der Waals surface area contributed by atoms with Gasteiger partial charge in [0.05, 0.1) is 10.6 Å². The van der Waals surface area contributed by atoms with Crippen molar-refractivity contribution >= 4 is 19.9 Å². The van der Waals surface area contributed by atoms with Gasteiger partial charge in [0.1, 0.15) is 5.25 Å². The molecule has 5 nitrogen and oxygen atoms in total. The van der Waals surface area contributed by atoms with E-state index in [4.69, 9.17) is 5.14 Å². The zero-order valence-electron chi connectivity index (χ0n) is 7.62. The maximum Gasteiger partial charge on any atom is 0.217 e. The van der Waals surface area contributed by atoms with Crippen LogP contribution in [0.5, 0.6) is 0 Å². The van der Waals surface area contributed by atoms with Crippen molar-refractivity contribution in [2.75, 3.05) is 5.75 Å². The monoisotopic (exact) mass is 247 g/mol. The number of fused-ring (bicyclic) bond motifs is 1. The normalized spacial score (nSPS) is 23.7. The van der Waals surface area contributed by atoms with Crippen LogP contribution in [0.25, 0.3) is 0 Å². The van der Waals surface area contributed by atoms with E-state index in [0.29, 0.717) is 0 Å². The second-order valence-electron chi connectivity index (χ2n) is 3.40. The van der Waals surface area contributed by atoms with Gasteiger partial charge in [0, 0.05) is 0 Å². The Balaban J connectivity index is 2.73. The fourth-order valence-electron chi connectivity index (χ4n) is 1.68. The molecule has 2 rings (SSSR count). The van der Waals surface area contributed by atoms with E-state index in [2.05, 4.69) is 0 Å². The number of hydrogen-bond acceptors (Lipinski definition) is 4. The van der Waals surface area contributed by atoms with Gasteiger partial charge in [-0.15, -0.1) is 0 Å². The Bertz CT molecular complexity index is 603. The molecule has 0 unspecified atom stereocenters. The van der Waals surface area contributed by atoms with Gasteiger partial charge in [-0.25, -0.2) is 22.0 Å². The molecule has 0 amide bonds. The Morgan fingerprint density at radius 2 is 1.87 bits per heavy atom. The van der Waals surface area contributed by atoms with Crippen LogP contribution >= 0.6 is 0 Å². The lowest BCUT2D eigenvalue weighted by atomic mass is 10.2. The first-order chi connectivity index (χ1) is 6.82. The number of rotatable bonds is 1. The van der Waals surface area contributed by atoms with Crippen LogP contribution in [0.3, 0.4) is 0 Å². The zero-order chi connectivity index (χ0) is 11.3. The van der Waals surface area contributed by atoms with E-state index in [0.717, 1.165) is 0 Å². The van der Waals surface area contributed by atoms with Gasteiger partial charge in [0.25, 0.3) is 0 Å². The third-order valence-corrected chi connectivity index (χ3v) is 5.61. The highest BCUT2D eigenvalue weighted by Gasteiger charge is 2.40. The molecule has 2 N–H and O–H groups in total. The first kappa shape index (κ1) is 10.6. The molecule has 15 heavy (non-hydrogen) atoms. The summed E-state index contributed by atoms with van der Waals surface area (Å²) in [4.78, 5) is 0.0732. The van der Waals surface area contributed by atoms with Crippen molar-refractivity contribution < 1.29 is 16.8 Å². The minimum Gasteiger partial charge on any atom is -0.228 e. The van der Waals surface area contributed by atoms with E-state index < -0.39 is 30.9 Å². The highest BCUT2D eigenvalue weighted by molar-refractivity contribution is 7.95. The predicted molar refractivity (Wildman–Crippen MR) is 54.3 cm³/mol. The third-order valence-electron chi connectivity index (χ3n) is 2.37. The first-order valence-electron chi connectivity index (χ1n) is 4.16. The Hall–Kier alpha value is -0.920. The lowest BCUT2D eigenvalue weighted by Gasteiger charge is -2.05. The van der Waals surface area contributed by atoms with Crippen molar-refractivity contribution in [1.82, 2.24) is 0 Å². The predicted octanol–water partition coefficient (Wildman–Crippen LogP) is -0.197. The highest BCUT2D eigenvalue weighted by atomic mass is 32.2. The van der Waals surface area contributed by atoms with Crippen LogP contribution in [-0.2, 0) is 19.9 Å². The van der Waals surface area contributed by atoms with Crippen LogP contribution in [0.4, 0.5) is 0 Å². The number of sulfonamides is 1. The van der Waals surface area contributed by atoms with Gasteiger partial charge in [0.15, 0.2) is 9.84 Å². The second-order valence-corrected chi connectivity index (χ2v) is 7.15. The molecule has 0 aromatic heterocycles. The van der Waals surface area contributed by atoms with Gasteiger partial charge in [-0.3, -0.25) is 0 Å². The summed E-state index contributed by atoms with van der Waals surface area (Å²) >= 11 is 0. The van der Waals surface area contributed by atoms with E-state index >= 15 is 0 Å². The molecule has 1 aliphatic rings. The molecule has 1 aromatic carbocycles. The molecular formula is C8H9NO4S2. The molecule has 0 bridgehead atoms. The van der Waals surface area contributed by atoms with Crippen LogP contribution in [-0.4, -0.2) is 22.6 Å². The van der Waals surface area contributed by atoms with Crippen LogP contribution < -0.4 is 5.14 Å². The van der Waals surface area contributed by atoms with Gasteiger partial charge in [-0.05, 0) is 11.6 Å². The van der Waals surface area contributed by atoms with Crippen LogP contribution in [0.15, 0.2) is 29.2 Å². The number of hydrogen-bond donors (Lipinski definition) is 1. The average molecular weight is 247 g/mol. The molecule has 1 aromatic rings. The SMILES string of the molecule is NS(=O)(=O)[C@H]1CS(=O)(=O)c2ccccc21. The van der Waals surface area contributed by atoms with E-state index in [1.165, 1.54) is 12.1 Å². The molecule has 0 fully saturated rings. The molecular weight excluding hydrogens is 238 g/mol. The highest BCUT2D eigenvalue weighted by Crippen LogP contribution is 2.36. The topological polar surface area (TPSA) is 94.3 Å². The lowest BCUT2D eigenvalue weighted by Crippen LogP contribution is -2.22. The number of benzene rings is 1. The van der Waals surface area contributed by atoms with Crippen molar-refractivity contribution in [2.45, 2.75) is 10.1 Å². The van der Waals surface area contributed by atoms with Gasteiger partial charge in [-0.2, -0.15) is 0 Å². The van der Waals surface area contributed by atoms with E-state index in [1.54, 1.807) is 12.1 Å². The summed E-state index contributed by atoms with van der Waals surface area (Å²) in [7, 11) is -7.36. The summed E-state index contributed by atoms with van der Waals surface area (Å²) in [5.74, 6) is -0.453. The molecule has 82 valence electrons. The Labute approximate surface area is 87.9 Å². The van der Waals surface area contributed by atoms with Gasteiger partial charge in [-0.1, -0.05) is 18.2 Å². The summed E-state index contributed by atoms with van der Waals surface area (Å²) in [6, 6.07) is 6.03. The maximum atomic E-state index is 11.6. The Morgan fingerprint density at radius 3 is 2.47 bits per heavy atom. The first-order valence-corrected chi connectivity index (χ1v) is 7.42. The quantitative estimate of drug-likeness (QED) is 0.743. The van der Waals surface area contributed by atoms with Crippen molar-refractivity contribution in [3.8, 4) is 0 Å². The summed E-state index contributed by atoms with van der Waals surface area (Å²) in [6.07, 6.45) is 0. The van der Waals surface area contributed by atoms with Crippen molar-refractivity contribution in [3.05, 3.63) is 29.8 Å². The summed E-state index contributed by atoms with van der Waals surface area (Å²) in [5, 5.41) is 3.86. The van der Waals surface area contributed by atoms with Gasteiger partial charge in [0.2, 0.25) is 10.0 Å². The van der Waals surface area contributed by atoms with Gasteiger partial charge < -0.3 is 0 Å². The van der Waals surface area contributed by atoms with E-state index in [-0.39, 0.29) is 10.5 Å². The fourth-order valence-corrected chi connectivity index (χ4v) is 5.22. The molecule has 0 aliphatic carbocycles. The molecule has 1 atom stereocenters. The maximum absolute atomic E-state index is 11.6. The molecule has 0 spiro atoms. The largest absolute Gasteiger partial charge is 0.228 e. The second kappa shape index (κ2) is 3.03. The number of nitrogens with two attached hydrogens (primary N) is 1. The third kappa shape index (κ3) is 1.66. The Morgan fingerprint density at radius 1 is 1.27 bits per heavy atom. The fraction of sp³-hybridized carbons (Fsp3) is 0.250. The lowest BCUT2D eigenvalue weighted by molar-refractivity contribution is 0.583. The number of primary sulfonamides is 1. The Kier molecular flexibility index (Phi) is 2.14. The smallest absolute Gasteiger partial charge is 0.217 e. The van der Waals surface area contributed by atoms with Crippen molar-refractivity contribution in [2.24, 2.45) is 5.14 Å². The van der Waals surface area contributed by atoms with E-state index in [9.17, 15) is 16.8 Å². The molecule has 1 heterocycles. The average Bonchev–Trinajstić information content (AvgIpc) is 2.39. The number of sulfone groups is 1. The molecule has 0 saturated carbocycles. The molecule has 0 saturated heterocycles. The van der Waals surface area contributed by atoms with Crippen LogP contribution in [0.1, 0.15) is 10.8 Å². The standard InChI is InChI=1S/C8H9NO4S2/c9-15(12,13)8-5-14(10,11)7-4-2-1-3-6(7)8/h1-4,8H,5H2,(H2,9,12,13)/t8-/m0/s1.